The predicted molar refractivity (Wildman–Crippen MR) is 121 cm³/mol. The van der Waals surface area contributed by atoms with E-state index in [1.165, 1.54) is 16.3 Å². The van der Waals surface area contributed by atoms with Crippen LogP contribution in [-0.2, 0) is 4.79 Å². The van der Waals surface area contributed by atoms with Crippen molar-refractivity contribution in [3.05, 3.63) is 87.9 Å². The maximum atomic E-state index is 13.1. The number of halogens is 1. The Morgan fingerprint density at radius 3 is 2.77 bits per heavy atom. The maximum absolute atomic E-state index is 13.1. The van der Waals surface area contributed by atoms with E-state index in [4.69, 9.17) is 11.6 Å². The molecule has 30 heavy (non-hydrogen) atoms. The summed E-state index contributed by atoms with van der Waals surface area (Å²) in [7, 11) is 0. The van der Waals surface area contributed by atoms with Crippen molar-refractivity contribution < 1.29 is 4.79 Å². The molecule has 1 N–H and O–H groups in total. The van der Waals surface area contributed by atoms with E-state index in [9.17, 15) is 9.59 Å². The van der Waals surface area contributed by atoms with Gasteiger partial charge in [0.15, 0.2) is 5.16 Å². The number of hydrogen-bond acceptors (Lipinski definition) is 5. The normalized spacial score (nSPS) is 10.9. The number of nitrogens with one attached hydrogen (secondary N) is 1. The number of carbonyl (C=O) groups is 1. The molecule has 150 valence electrons. The number of carbonyl (C=O) groups excluding carboxylic acids is 1. The average Bonchev–Trinajstić information content (AvgIpc) is 2.75. The molecule has 0 aliphatic rings. The van der Waals surface area contributed by atoms with Gasteiger partial charge in [0.2, 0.25) is 5.91 Å². The molecule has 2 aromatic carbocycles. The summed E-state index contributed by atoms with van der Waals surface area (Å²) in [5.41, 5.74) is 2.52. The van der Waals surface area contributed by atoms with Gasteiger partial charge in [0.05, 0.1) is 28.5 Å². The minimum absolute atomic E-state index is 0.0799. The summed E-state index contributed by atoms with van der Waals surface area (Å²) < 4.78 is 1.48. The molecule has 0 saturated carbocycles. The lowest BCUT2D eigenvalue weighted by Gasteiger charge is -2.13. The number of anilines is 1. The molecular formula is C22H17ClN4O2S. The van der Waals surface area contributed by atoms with Crippen LogP contribution in [0.1, 0.15) is 5.56 Å². The molecule has 0 atom stereocenters. The molecule has 1 amide bonds. The van der Waals surface area contributed by atoms with Crippen LogP contribution in [-0.4, -0.2) is 26.2 Å². The number of fused-ring (bicyclic) bond motifs is 1. The average molecular weight is 437 g/mol. The minimum atomic E-state index is -0.222. The maximum Gasteiger partial charge on any atom is 0.266 e. The summed E-state index contributed by atoms with van der Waals surface area (Å²) in [5, 5.41) is 4.33. The molecule has 0 saturated heterocycles. The zero-order chi connectivity index (χ0) is 21.1. The fraction of sp³-hybridized carbons (Fsp3) is 0.0909. The number of para-hydroxylation sites is 1. The van der Waals surface area contributed by atoms with Gasteiger partial charge in [-0.25, -0.2) is 4.98 Å². The summed E-state index contributed by atoms with van der Waals surface area (Å²) >= 11 is 7.31. The van der Waals surface area contributed by atoms with Gasteiger partial charge in [0.25, 0.3) is 5.56 Å². The molecule has 8 heteroatoms. The Hall–Kier alpha value is -3.16. The van der Waals surface area contributed by atoms with Gasteiger partial charge in [0, 0.05) is 16.9 Å². The van der Waals surface area contributed by atoms with Crippen molar-refractivity contribution in [1.29, 1.82) is 0 Å². The Bertz CT molecular complexity index is 1290. The van der Waals surface area contributed by atoms with E-state index in [0.29, 0.717) is 32.5 Å². The van der Waals surface area contributed by atoms with Crippen molar-refractivity contribution in [2.45, 2.75) is 12.1 Å². The van der Waals surface area contributed by atoms with Crippen molar-refractivity contribution >= 4 is 45.9 Å². The van der Waals surface area contributed by atoms with Crippen LogP contribution in [0.25, 0.3) is 16.6 Å². The van der Waals surface area contributed by atoms with Crippen molar-refractivity contribution in [3.8, 4) is 5.69 Å². The van der Waals surface area contributed by atoms with Crippen LogP contribution >= 0.6 is 23.4 Å². The lowest BCUT2D eigenvalue weighted by atomic mass is 10.2. The molecule has 2 heterocycles. The summed E-state index contributed by atoms with van der Waals surface area (Å²) in [6, 6.07) is 16.0. The van der Waals surface area contributed by atoms with E-state index in [1.807, 2.05) is 19.1 Å². The zero-order valence-corrected chi connectivity index (χ0v) is 17.6. The predicted octanol–water partition coefficient (Wildman–Crippen LogP) is 4.47. The van der Waals surface area contributed by atoms with Crippen LogP contribution in [0.3, 0.4) is 0 Å². The highest BCUT2D eigenvalue weighted by Gasteiger charge is 2.15. The molecule has 0 radical (unpaired) electrons. The number of pyridine rings is 1. The van der Waals surface area contributed by atoms with Gasteiger partial charge in [-0.15, -0.1) is 0 Å². The first kappa shape index (κ1) is 20.1. The Labute approximate surface area is 181 Å². The molecule has 0 fully saturated rings. The van der Waals surface area contributed by atoms with Gasteiger partial charge < -0.3 is 5.32 Å². The van der Waals surface area contributed by atoms with Crippen LogP contribution in [0.2, 0.25) is 5.02 Å². The van der Waals surface area contributed by atoms with Crippen molar-refractivity contribution in [1.82, 2.24) is 14.5 Å². The van der Waals surface area contributed by atoms with E-state index in [1.54, 1.807) is 54.9 Å². The van der Waals surface area contributed by atoms with Gasteiger partial charge in [-0.05, 0) is 48.9 Å². The Morgan fingerprint density at radius 2 is 2.00 bits per heavy atom. The first-order valence-corrected chi connectivity index (χ1v) is 10.5. The number of nitrogens with zero attached hydrogens (tertiary/aromatic N) is 3. The number of thioether (sulfide) groups is 1. The second-order valence-corrected chi connectivity index (χ2v) is 7.91. The summed E-state index contributed by atoms with van der Waals surface area (Å²) in [6.45, 7) is 1.90. The molecule has 0 bridgehead atoms. The molecule has 4 aromatic rings. The van der Waals surface area contributed by atoms with E-state index in [2.05, 4.69) is 15.3 Å². The highest BCUT2D eigenvalue weighted by atomic mass is 35.5. The van der Waals surface area contributed by atoms with Gasteiger partial charge in [0.1, 0.15) is 0 Å². The molecule has 0 unspecified atom stereocenters. The van der Waals surface area contributed by atoms with Crippen LogP contribution in [0, 0.1) is 6.92 Å². The largest absolute Gasteiger partial charge is 0.325 e. The Morgan fingerprint density at radius 1 is 1.17 bits per heavy atom. The van der Waals surface area contributed by atoms with E-state index in [0.717, 1.165) is 5.56 Å². The van der Waals surface area contributed by atoms with Crippen LogP contribution in [0.5, 0.6) is 0 Å². The third kappa shape index (κ3) is 4.22. The quantitative estimate of drug-likeness (QED) is 0.369. The molecule has 0 aliphatic carbocycles. The molecule has 0 spiro atoms. The molecule has 2 aromatic heterocycles. The Kier molecular flexibility index (Phi) is 5.83. The first-order chi connectivity index (χ1) is 14.5. The number of rotatable bonds is 5. The van der Waals surface area contributed by atoms with Crippen molar-refractivity contribution in [2.75, 3.05) is 11.1 Å². The van der Waals surface area contributed by atoms with E-state index < -0.39 is 0 Å². The number of aryl methyl sites for hydroxylation is 1. The van der Waals surface area contributed by atoms with Crippen LogP contribution in [0.15, 0.2) is 76.9 Å². The SMILES string of the molecule is Cc1ccc(NC(=O)CSc2nc3ccccc3c(=O)n2-c2cccnc2)cc1Cl. The lowest BCUT2D eigenvalue weighted by Crippen LogP contribution is -2.23. The number of hydrogen-bond donors (Lipinski definition) is 1. The standard InChI is InChI=1S/C22H17ClN4O2S/c1-14-8-9-15(11-18(14)23)25-20(28)13-30-22-26-19-7-3-2-6-17(19)21(29)27(22)16-5-4-10-24-12-16/h2-12H,13H2,1H3,(H,25,28). The van der Waals surface area contributed by atoms with E-state index in [-0.39, 0.29) is 17.2 Å². The molecular weight excluding hydrogens is 420 g/mol. The van der Waals surface area contributed by atoms with Crippen LogP contribution < -0.4 is 10.9 Å². The highest BCUT2D eigenvalue weighted by Crippen LogP contribution is 2.23. The number of aromatic nitrogens is 3. The third-order valence-electron chi connectivity index (χ3n) is 4.44. The van der Waals surface area contributed by atoms with Gasteiger partial charge in [-0.1, -0.05) is 41.6 Å². The monoisotopic (exact) mass is 436 g/mol. The number of amides is 1. The highest BCUT2D eigenvalue weighted by molar-refractivity contribution is 7.99. The van der Waals surface area contributed by atoms with Gasteiger partial charge >= 0.3 is 0 Å². The summed E-state index contributed by atoms with van der Waals surface area (Å²) in [5.74, 6) is -0.142. The fourth-order valence-corrected chi connectivity index (χ4v) is 3.91. The summed E-state index contributed by atoms with van der Waals surface area (Å²) in [6.07, 6.45) is 3.23. The fourth-order valence-electron chi connectivity index (χ4n) is 2.92. The smallest absolute Gasteiger partial charge is 0.266 e. The topological polar surface area (TPSA) is 76.9 Å². The Balaban J connectivity index is 1.64. The second kappa shape index (κ2) is 8.69. The number of benzene rings is 2. The second-order valence-electron chi connectivity index (χ2n) is 6.56. The van der Waals surface area contributed by atoms with Crippen LogP contribution in [0.4, 0.5) is 5.69 Å². The molecule has 6 nitrogen and oxygen atoms in total. The molecule has 0 aliphatic heterocycles. The lowest BCUT2D eigenvalue weighted by molar-refractivity contribution is -0.113. The van der Waals surface area contributed by atoms with Crippen molar-refractivity contribution in [3.63, 3.8) is 0 Å². The third-order valence-corrected chi connectivity index (χ3v) is 5.78. The van der Waals surface area contributed by atoms with E-state index >= 15 is 0 Å². The van der Waals surface area contributed by atoms with Crippen molar-refractivity contribution in [2.24, 2.45) is 0 Å². The minimum Gasteiger partial charge on any atom is -0.325 e. The first-order valence-electron chi connectivity index (χ1n) is 9.14. The summed E-state index contributed by atoms with van der Waals surface area (Å²) in [4.78, 5) is 34.3. The van der Waals surface area contributed by atoms with Gasteiger partial charge in [-0.2, -0.15) is 0 Å². The molecule has 4 rings (SSSR count). The van der Waals surface area contributed by atoms with Gasteiger partial charge in [-0.3, -0.25) is 19.1 Å². The zero-order valence-electron chi connectivity index (χ0n) is 16.0.